The van der Waals surface area contributed by atoms with E-state index in [1.54, 1.807) is 0 Å². The summed E-state index contributed by atoms with van der Waals surface area (Å²) in [5, 5.41) is 12.4. The smallest absolute Gasteiger partial charge is 0.304 e. The van der Waals surface area contributed by atoms with Crippen LogP contribution in [0.4, 0.5) is 0 Å². The fourth-order valence-electron chi connectivity index (χ4n) is 1.47. The van der Waals surface area contributed by atoms with E-state index < -0.39 is 5.97 Å². The van der Waals surface area contributed by atoms with Crippen molar-refractivity contribution in [1.82, 2.24) is 5.32 Å². The number of nitrogens with two attached hydrogens (primary N) is 1. The average Bonchev–Trinajstić information content (AvgIpc) is 2.26. The lowest BCUT2D eigenvalue weighted by atomic mass is 10.1. The maximum absolute atomic E-state index is 10.4. The Balaban J connectivity index is 2.15. The van der Waals surface area contributed by atoms with Crippen molar-refractivity contribution in [3.05, 3.63) is 34.9 Å². The van der Waals surface area contributed by atoms with Crippen LogP contribution in [0.3, 0.4) is 0 Å². The Kier molecular flexibility index (Phi) is 5.97. The predicted octanol–water partition coefficient (Wildman–Crippen LogP) is 1.27. The minimum Gasteiger partial charge on any atom is -0.481 e. The lowest BCUT2D eigenvalue weighted by molar-refractivity contribution is -0.137. The zero-order valence-electron chi connectivity index (χ0n) is 9.53. The summed E-state index contributed by atoms with van der Waals surface area (Å²) in [4.78, 5) is 10.4. The lowest BCUT2D eigenvalue weighted by Crippen LogP contribution is -2.36. The van der Waals surface area contributed by atoms with Gasteiger partial charge in [-0.3, -0.25) is 4.79 Å². The Labute approximate surface area is 106 Å². The Bertz CT molecular complexity index is 354. The Morgan fingerprint density at radius 2 is 2.06 bits per heavy atom. The molecule has 0 bridgehead atoms. The number of carboxylic acid groups (broad SMARTS) is 1. The van der Waals surface area contributed by atoms with Crippen LogP contribution in [-0.4, -0.2) is 30.2 Å². The molecule has 17 heavy (non-hydrogen) atoms. The number of halogens is 1. The molecule has 94 valence electrons. The number of benzene rings is 1. The molecule has 0 aliphatic rings. The molecule has 0 aliphatic heterocycles. The Morgan fingerprint density at radius 3 is 2.65 bits per heavy atom. The van der Waals surface area contributed by atoms with Gasteiger partial charge in [0.25, 0.3) is 0 Å². The lowest BCUT2D eigenvalue weighted by Gasteiger charge is -2.10. The van der Waals surface area contributed by atoms with Crippen molar-refractivity contribution >= 4 is 17.6 Å². The molecule has 0 aromatic heterocycles. The molecule has 4 nitrogen and oxygen atoms in total. The highest BCUT2D eigenvalue weighted by molar-refractivity contribution is 6.30. The molecule has 1 aromatic carbocycles. The first-order valence-electron chi connectivity index (χ1n) is 5.50. The molecule has 0 aliphatic carbocycles. The summed E-state index contributed by atoms with van der Waals surface area (Å²) in [6.45, 7) is 1.29. The highest BCUT2D eigenvalue weighted by Crippen LogP contribution is 2.09. The van der Waals surface area contributed by atoms with Crippen LogP contribution in [0.25, 0.3) is 0 Å². The van der Waals surface area contributed by atoms with E-state index in [2.05, 4.69) is 5.32 Å². The highest BCUT2D eigenvalue weighted by Gasteiger charge is 2.06. The molecule has 1 aromatic rings. The molecular weight excluding hydrogens is 240 g/mol. The molecule has 1 unspecified atom stereocenters. The molecule has 4 N–H and O–H groups in total. The minimum absolute atomic E-state index is 0.00601. The van der Waals surface area contributed by atoms with Gasteiger partial charge >= 0.3 is 5.97 Å². The molecule has 5 heteroatoms. The van der Waals surface area contributed by atoms with Crippen LogP contribution >= 0.6 is 11.6 Å². The molecule has 0 saturated heterocycles. The van der Waals surface area contributed by atoms with Gasteiger partial charge in [0, 0.05) is 17.6 Å². The monoisotopic (exact) mass is 256 g/mol. The van der Waals surface area contributed by atoms with Crippen molar-refractivity contribution in [3.63, 3.8) is 0 Å². The Hall–Kier alpha value is -1.10. The van der Waals surface area contributed by atoms with Gasteiger partial charge in [0.2, 0.25) is 0 Å². The topological polar surface area (TPSA) is 75.3 Å². The van der Waals surface area contributed by atoms with Gasteiger partial charge in [0.1, 0.15) is 0 Å². The van der Waals surface area contributed by atoms with E-state index in [9.17, 15) is 4.79 Å². The van der Waals surface area contributed by atoms with E-state index in [1.165, 1.54) is 5.56 Å². The first kappa shape index (κ1) is 14.0. The van der Waals surface area contributed by atoms with Crippen molar-refractivity contribution in [1.29, 1.82) is 0 Å². The van der Waals surface area contributed by atoms with Crippen molar-refractivity contribution in [3.8, 4) is 0 Å². The largest absolute Gasteiger partial charge is 0.481 e. The maximum Gasteiger partial charge on any atom is 0.304 e. The number of nitrogens with one attached hydrogen (secondary N) is 1. The second kappa shape index (κ2) is 7.27. The van der Waals surface area contributed by atoms with Gasteiger partial charge in [0.15, 0.2) is 0 Å². The SMILES string of the molecule is NC(CNCCc1ccc(Cl)cc1)CC(=O)O. The third kappa shape index (κ3) is 6.26. The molecule has 0 radical (unpaired) electrons. The molecule has 1 atom stereocenters. The zero-order chi connectivity index (χ0) is 12.7. The van der Waals surface area contributed by atoms with Crippen LogP contribution in [0.1, 0.15) is 12.0 Å². The summed E-state index contributed by atoms with van der Waals surface area (Å²) in [5.41, 5.74) is 6.80. The van der Waals surface area contributed by atoms with Gasteiger partial charge in [-0.15, -0.1) is 0 Å². The summed E-state index contributed by atoms with van der Waals surface area (Å²) in [6.07, 6.45) is 0.866. The van der Waals surface area contributed by atoms with Crippen molar-refractivity contribution < 1.29 is 9.90 Å². The number of carboxylic acids is 1. The molecule has 0 fully saturated rings. The van der Waals surface area contributed by atoms with Gasteiger partial charge in [-0.25, -0.2) is 0 Å². The van der Waals surface area contributed by atoms with E-state index in [0.29, 0.717) is 6.54 Å². The van der Waals surface area contributed by atoms with Gasteiger partial charge in [-0.2, -0.15) is 0 Å². The average molecular weight is 257 g/mol. The normalized spacial score (nSPS) is 12.4. The molecule has 0 amide bonds. The summed E-state index contributed by atoms with van der Waals surface area (Å²) in [5.74, 6) is -0.864. The van der Waals surface area contributed by atoms with Crippen molar-refractivity contribution in [2.24, 2.45) is 5.73 Å². The summed E-state index contributed by atoms with van der Waals surface area (Å²) in [6, 6.07) is 7.32. The maximum atomic E-state index is 10.4. The zero-order valence-corrected chi connectivity index (χ0v) is 10.3. The number of carbonyl (C=O) groups is 1. The van der Waals surface area contributed by atoms with Crippen LogP contribution in [-0.2, 0) is 11.2 Å². The van der Waals surface area contributed by atoms with Crippen LogP contribution in [0, 0.1) is 0 Å². The standard InChI is InChI=1S/C12H17ClN2O2/c13-10-3-1-9(2-4-10)5-6-15-8-11(14)7-12(16)17/h1-4,11,15H,5-8,14H2,(H,16,17). The fraction of sp³-hybridized carbons (Fsp3) is 0.417. The highest BCUT2D eigenvalue weighted by atomic mass is 35.5. The van der Waals surface area contributed by atoms with Gasteiger partial charge in [-0.1, -0.05) is 23.7 Å². The minimum atomic E-state index is -0.864. The quantitative estimate of drug-likeness (QED) is 0.643. The summed E-state index contributed by atoms with van der Waals surface area (Å²) < 4.78 is 0. The van der Waals surface area contributed by atoms with E-state index in [4.69, 9.17) is 22.4 Å². The first-order chi connectivity index (χ1) is 8.08. The van der Waals surface area contributed by atoms with E-state index >= 15 is 0 Å². The van der Waals surface area contributed by atoms with E-state index in [1.807, 2.05) is 24.3 Å². The van der Waals surface area contributed by atoms with Gasteiger partial charge in [-0.05, 0) is 30.7 Å². The second-order valence-corrected chi connectivity index (χ2v) is 4.37. The van der Waals surface area contributed by atoms with Crippen LogP contribution < -0.4 is 11.1 Å². The number of aliphatic carboxylic acids is 1. The number of rotatable bonds is 7. The predicted molar refractivity (Wildman–Crippen MR) is 68.3 cm³/mol. The third-order valence-electron chi connectivity index (χ3n) is 2.35. The van der Waals surface area contributed by atoms with Crippen molar-refractivity contribution in [2.45, 2.75) is 18.9 Å². The molecule has 1 rings (SSSR count). The van der Waals surface area contributed by atoms with Crippen LogP contribution in [0.5, 0.6) is 0 Å². The summed E-state index contributed by atoms with van der Waals surface area (Å²) >= 11 is 5.78. The van der Waals surface area contributed by atoms with E-state index in [0.717, 1.165) is 18.0 Å². The van der Waals surface area contributed by atoms with Crippen LogP contribution in [0.15, 0.2) is 24.3 Å². The molecule has 0 spiro atoms. The third-order valence-corrected chi connectivity index (χ3v) is 2.60. The molecular formula is C12H17ClN2O2. The fourth-order valence-corrected chi connectivity index (χ4v) is 1.59. The van der Waals surface area contributed by atoms with Crippen LogP contribution in [0.2, 0.25) is 5.02 Å². The second-order valence-electron chi connectivity index (χ2n) is 3.94. The van der Waals surface area contributed by atoms with Gasteiger partial charge in [0.05, 0.1) is 6.42 Å². The van der Waals surface area contributed by atoms with E-state index in [-0.39, 0.29) is 12.5 Å². The molecule has 0 heterocycles. The summed E-state index contributed by atoms with van der Waals surface area (Å²) in [7, 11) is 0. The van der Waals surface area contributed by atoms with Crippen molar-refractivity contribution in [2.75, 3.05) is 13.1 Å². The first-order valence-corrected chi connectivity index (χ1v) is 5.88. The van der Waals surface area contributed by atoms with Gasteiger partial charge < -0.3 is 16.2 Å². The number of hydrogen-bond donors (Lipinski definition) is 3. The Morgan fingerprint density at radius 1 is 1.41 bits per heavy atom. The molecule has 0 saturated carbocycles. The number of hydrogen-bond acceptors (Lipinski definition) is 3.